The van der Waals surface area contributed by atoms with Crippen LogP contribution in [0.2, 0.25) is 5.02 Å². The number of nitro groups is 1. The molecule has 3 aromatic carbocycles. The van der Waals surface area contributed by atoms with Gasteiger partial charge in [-0.1, -0.05) is 17.7 Å². The number of halogens is 1. The van der Waals surface area contributed by atoms with Crippen molar-refractivity contribution in [3.05, 3.63) is 105 Å². The number of non-ortho nitro benzene ring substituents is 1. The molecule has 0 bridgehead atoms. The number of hydrogen-bond donors (Lipinski definition) is 2. The van der Waals surface area contributed by atoms with Gasteiger partial charge in [0.25, 0.3) is 17.5 Å². The maximum atomic E-state index is 12.2. The molecular weight excluding hydrogens is 408 g/mol. The summed E-state index contributed by atoms with van der Waals surface area (Å²) < 4.78 is 0. The van der Waals surface area contributed by atoms with Gasteiger partial charge in [0.1, 0.15) is 0 Å². The lowest BCUT2D eigenvalue weighted by Crippen LogP contribution is -2.17. The van der Waals surface area contributed by atoms with Crippen molar-refractivity contribution in [2.24, 2.45) is 5.10 Å². The van der Waals surface area contributed by atoms with Crippen LogP contribution < -0.4 is 10.7 Å². The molecular formula is C21H15ClN4O4. The molecule has 0 spiro atoms. The van der Waals surface area contributed by atoms with Gasteiger partial charge in [0.15, 0.2) is 0 Å². The van der Waals surface area contributed by atoms with Gasteiger partial charge in [0.05, 0.1) is 11.1 Å². The van der Waals surface area contributed by atoms with Gasteiger partial charge in [-0.2, -0.15) is 5.10 Å². The van der Waals surface area contributed by atoms with E-state index in [1.165, 1.54) is 30.5 Å². The maximum Gasteiger partial charge on any atom is 0.271 e. The van der Waals surface area contributed by atoms with E-state index in [0.29, 0.717) is 27.4 Å². The van der Waals surface area contributed by atoms with E-state index in [2.05, 4.69) is 15.8 Å². The standard InChI is InChI=1S/C21H15ClN4O4/c22-17-3-1-2-16(12-17)20(27)24-18-8-6-15(7-9-18)21(28)25-23-13-14-4-10-19(11-5-14)26(29)30/h1-13H,(H,24,27)(H,25,28)/b23-13+. The van der Waals surface area contributed by atoms with Gasteiger partial charge >= 0.3 is 0 Å². The van der Waals surface area contributed by atoms with Crippen molar-refractivity contribution in [3.63, 3.8) is 0 Å². The Balaban J connectivity index is 1.56. The predicted octanol–water partition coefficient (Wildman–Crippen LogP) is 4.26. The summed E-state index contributed by atoms with van der Waals surface area (Å²) in [4.78, 5) is 34.5. The van der Waals surface area contributed by atoms with Crippen molar-refractivity contribution >= 4 is 41.0 Å². The highest BCUT2D eigenvalue weighted by Crippen LogP contribution is 2.15. The van der Waals surface area contributed by atoms with Gasteiger partial charge in [0.2, 0.25) is 0 Å². The summed E-state index contributed by atoms with van der Waals surface area (Å²) in [6, 6.07) is 18.6. The molecule has 0 radical (unpaired) electrons. The normalized spacial score (nSPS) is 10.6. The van der Waals surface area contributed by atoms with Crippen LogP contribution in [0.3, 0.4) is 0 Å². The number of carbonyl (C=O) groups is 2. The Morgan fingerprint density at radius 2 is 1.63 bits per heavy atom. The van der Waals surface area contributed by atoms with Crippen molar-refractivity contribution in [2.75, 3.05) is 5.32 Å². The molecule has 0 unspecified atom stereocenters. The number of rotatable bonds is 6. The molecule has 3 aromatic rings. The van der Waals surface area contributed by atoms with E-state index in [9.17, 15) is 19.7 Å². The number of hydrogen-bond acceptors (Lipinski definition) is 5. The zero-order chi connectivity index (χ0) is 21.5. The van der Waals surface area contributed by atoms with Crippen LogP contribution >= 0.6 is 11.6 Å². The number of carbonyl (C=O) groups excluding carboxylic acids is 2. The van der Waals surface area contributed by atoms with Gasteiger partial charge < -0.3 is 5.32 Å². The highest BCUT2D eigenvalue weighted by atomic mass is 35.5. The fraction of sp³-hybridized carbons (Fsp3) is 0. The first-order valence-corrected chi connectivity index (χ1v) is 9.05. The quantitative estimate of drug-likeness (QED) is 0.351. The lowest BCUT2D eigenvalue weighted by molar-refractivity contribution is -0.384. The van der Waals surface area contributed by atoms with Gasteiger partial charge in [0, 0.05) is 34.0 Å². The third-order valence-corrected chi connectivity index (χ3v) is 4.21. The van der Waals surface area contributed by atoms with Crippen LogP contribution in [0.25, 0.3) is 0 Å². The second-order valence-electron chi connectivity index (χ2n) is 6.09. The molecule has 2 N–H and O–H groups in total. The fourth-order valence-corrected chi connectivity index (χ4v) is 2.64. The minimum atomic E-state index is -0.496. The Hall–Kier alpha value is -4.04. The topological polar surface area (TPSA) is 114 Å². The summed E-state index contributed by atoms with van der Waals surface area (Å²) in [7, 11) is 0. The Morgan fingerprint density at radius 3 is 2.27 bits per heavy atom. The van der Waals surface area contributed by atoms with Crippen LogP contribution in [0.5, 0.6) is 0 Å². The molecule has 30 heavy (non-hydrogen) atoms. The monoisotopic (exact) mass is 422 g/mol. The fourth-order valence-electron chi connectivity index (χ4n) is 2.45. The molecule has 0 aliphatic carbocycles. The summed E-state index contributed by atoms with van der Waals surface area (Å²) in [6.45, 7) is 0. The zero-order valence-corrected chi connectivity index (χ0v) is 16.2. The van der Waals surface area contributed by atoms with Gasteiger partial charge in [-0.15, -0.1) is 0 Å². The van der Waals surface area contributed by atoms with Crippen LogP contribution in [0.1, 0.15) is 26.3 Å². The van der Waals surface area contributed by atoms with E-state index in [-0.39, 0.29) is 11.6 Å². The van der Waals surface area contributed by atoms with Crippen molar-refractivity contribution in [1.82, 2.24) is 5.43 Å². The molecule has 150 valence electrons. The minimum absolute atomic E-state index is 0.0290. The van der Waals surface area contributed by atoms with Crippen molar-refractivity contribution in [3.8, 4) is 0 Å². The van der Waals surface area contributed by atoms with E-state index in [1.54, 1.807) is 48.5 Å². The van der Waals surface area contributed by atoms with Gasteiger partial charge in [-0.05, 0) is 60.2 Å². The largest absolute Gasteiger partial charge is 0.322 e. The number of hydrazone groups is 1. The van der Waals surface area contributed by atoms with E-state index < -0.39 is 10.8 Å². The number of benzene rings is 3. The second-order valence-corrected chi connectivity index (χ2v) is 6.53. The summed E-state index contributed by atoms with van der Waals surface area (Å²) in [6.07, 6.45) is 1.38. The first-order chi connectivity index (χ1) is 14.4. The van der Waals surface area contributed by atoms with Crippen LogP contribution in [0, 0.1) is 10.1 Å². The summed E-state index contributed by atoms with van der Waals surface area (Å²) in [5, 5.41) is 17.6. The molecule has 8 nitrogen and oxygen atoms in total. The number of nitro benzene ring substituents is 1. The number of nitrogens with zero attached hydrogens (tertiary/aromatic N) is 2. The van der Waals surface area contributed by atoms with Crippen LogP contribution in [0.4, 0.5) is 11.4 Å². The van der Waals surface area contributed by atoms with Crippen molar-refractivity contribution in [2.45, 2.75) is 0 Å². The van der Waals surface area contributed by atoms with Gasteiger partial charge in [-0.25, -0.2) is 5.43 Å². The van der Waals surface area contributed by atoms with E-state index >= 15 is 0 Å². The van der Waals surface area contributed by atoms with Crippen molar-refractivity contribution in [1.29, 1.82) is 0 Å². The third kappa shape index (κ3) is 5.49. The van der Waals surface area contributed by atoms with E-state index in [1.807, 2.05) is 0 Å². The lowest BCUT2D eigenvalue weighted by Gasteiger charge is -2.06. The smallest absolute Gasteiger partial charge is 0.271 e. The third-order valence-electron chi connectivity index (χ3n) is 3.98. The Labute approximate surface area is 176 Å². The Bertz CT molecular complexity index is 1110. The molecule has 2 amide bonds. The molecule has 3 rings (SSSR count). The molecule has 0 aliphatic rings. The second kappa shape index (κ2) is 9.44. The average Bonchev–Trinajstić information content (AvgIpc) is 2.74. The number of nitrogens with one attached hydrogen (secondary N) is 2. The molecule has 0 heterocycles. The Kier molecular flexibility index (Phi) is 6.51. The van der Waals surface area contributed by atoms with Crippen LogP contribution in [0.15, 0.2) is 77.9 Å². The molecule has 0 aromatic heterocycles. The predicted molar refractivity (Wildman–Crippen MR) is 114 cm³/mol. The molecule has 0 aliphatic heterocycles. The van der Waals surface area contributed by atoms with Crippen LogP contribution in [-0.2, 0) is 0 Å². The SMILES string of the molecule is O=C(N/N=C/c1ccc([N+](=O)[O-])cc1)c1ccc(NC(=O)c2cccc(Cl)c2)cc1. The average molecular weight is 423 g/mol. The molecule has 0 saturated heterocycles. The minimum Gasteiger partial charge on any atom is -0.322 e. The first-order valence-electron chi connectivity index (χ1n) is 8.67. The lowest BCUT2D eigenvalue weighted by atomic mass is 10.1. The maximum absolute atomic E-state index is 12.2. The van der Waals surface area contributed by atoms with Crippen molar-refractivity contribution < 1.29 is 14.5 Å². The zero-order valence-electron chi connectivity index (χ0n) is 15.4. The highest BCUT2D eigenvalue weighted by Gasteiger charge is 2.08. The number of amides is 2. The summed E-state index contributed by atoms with van der Waals surface area (Å²) in [5.74, 6) is -0.761. The van der Waals surface area contributed by atoms with E-state index in [0.717, 1.165) is 0 Å². The Morgan fingerprint density at radius 1 is 0.933 bits per heavy atom. The summed E-state index contributed by atoms with van der Waals surface area (Å²) >= 11 is 5.88. The number of anilines is 1. The summed E-state index contributed by atoms with van der Waals surface area (Å²) in [5.41, 5.74) is 4.22. The van der Waals surface area contributed by atoms with Gasteiger partial charge in [-0.3, -0.25) is 19.7 Å². The molecule has 0 fully saturated rings. The first kappa shape index (κ1) is 20.7. The van der Waals surface area contributed by atoms with E-state index in [4.69, 9.17) is 11.6 Å². The highest BCUT2D eigenvalue weighted by molar-refractivity contribution is 6.31. The molecule has 0 atom stereocenters. The molecule has 9 heteroatoms. The molecule has 0 saturated carbocycles. The van der Waals surface area contributed by atoms with Crippen LogP contribution in [-0.4, -0.2) is 23.0 Å².